The van der Waals surface area contributed by atoms with E-state index >= 15 is 0 Å². The van der Waals surface area contributed by atoms with Gasteiger partial charge in [0.15, 0.2) is 0 Å². The molecule has 0 radical (unpaired) electrons. The molecule has 7 nitrogen and oxygen atoms in total. The lowest BCUT2D eigenvalue weighted by Crippen LogP contribution is -2.56. The third-order valence-corrected chi connectivity index (χ3v) is 6.19. The molecule has 0 aromatic heterocycles. The Balaban J connectivity index is 1.66. The van der Waals surface area contributed by atoms with Crippen LogP contribution in [-0.4, -0.2) is 59.5 Å². The number of aliphatic hydroxyl groups excluding tert-OH is 1. The average Bonchev–Trinajstić information content (AvgIpc) is 2.88. The number of unbranched alkanes of at least 4 members (excludes halogenated alkanes) is 1. The molecule has 0 spiro atoms. The summed E-state index contributed by atoms with van der Waals surface area (Å²) < 4.78 is 5.43. The Bertz CT molecular complexity index is 949. The number of carbonyl (C=O) groups excluding carboxylic acids is 3. The average molecular weight is 467 g/mol. The molecular weight excluding hydrogens is 432 g/mol. The molecule has 182 valence electrons. The lowest BCUT2D eigenvalue weighted by atomic mass is 9.93. The zero-order chi connectivity index (χ0) is 24.3. The lowest BCUT2D eigenvalue weighted by Gasteiger charge is -2.37. The highest BCUT2D eigenvalue weighted by Gasteiger charge is 2.37. The maximum atomic E-state index is 13.4. The van der Waals surface area contributed by atoms with Crippen molar-refractivity contribution in [2.75, 3.05) is 13.2 Å². The van der Waals surface area contributed by atoms with Gasteiger partial charge in [-0.1, -0.05) is 54.6 Å². The molecule has 7 heteroatoms. The summed E-state index contributed by atoms with van der Waals surface area (Å²) in [7, 11) is 0. The van der Waals surface area contributed by atoms with Crippen LogP contribution in [0, 0.1) is 0 Å². The molecule has 2 N–H and O–H groups in total. The first kappa shape index (κ1) is 25.6. The number of hydrogen-bond donors (Lipinski definition) is 2. The van der Waals surface area contributed by atoms with Crippen molar-refractivity contribution in [3.8, 4) is 0 Å². The van der Waals surface area contributed by atoms with E-state index in [4.69, 9.17) is 9.84 Å². The summed E-state index contributed by atoms with van der Waals surface area (Å²) in [4.78, 5) is 39.6. The Labute approximate surface area is 201 Å². The minimum absolute atomic E-state index is 0.0460. The Morgan fingerprint density at radius 1 is 1.12 bits per heavy atom. The van der Waals surface area contributed by atoms with E-state index in [-0.39, 0.29) is 19.1 Å². The number of aliphatic hydroxyl groups is 1. The molecule has 3 unspecified atom stereocenters. The fourth-order valence-electron chi connectivity index (χ4n) is 4.25. The largest absolute Gasteiger partial charge is 0.464 e. The number of nitrogens with zero attached hydrogens (tertiary/aromatic N) is 1. The number of hydrogen-bond acceptors (Lipinski definition) is 6. The summed E-state index contributed by atoms with van der Waals surface area (Å²) in [5.41, 5.74) is 3.16. The third-order valence-electron chi connectivity index (χ3n) is 6.19. The van der Waals surface area contributed by atoms with E-state index in [9.17, 15) is 14.4 Å². The van der Waals surface area contributed by atoms with Crippen LogP contribution in [0.4, 0.5) is 0 Å². The van der Waals surface area contributed by atoms with Gasteiger partial charge in [0.1, 0.15) is 12.3 Å². The van der Waals surface area contributed by atoms with E-state index in [1.54, 1.807) is 11.8 Å². The Hall–Kier alpha value is -3.03. The number of carbonyl (C=O) groups is 3. The third kappa shape index (κ3) is 6.98. The smallest absolute Gasteiger partial charge is 0.329 e. The Morgan fingerprint density at radius 2 is 1.82 bits per heavy atom. The van der Waals surface area contributed by atoms with Gasteiger partial charge in [-0.05, 0) is 49.3 Å². The molecule has 2 aromatic rings. The molecule has 1 heterocycles. The zero-order valence-corrected chi connectivity index (χ0v) is 19.7. The molecule has 2 aromatic carbocycles. The fourth-order valence-corrected chi connectivity index (χ4v) is 4.25. The minimum atomic E-state index is -0.722. The van der Waals surface area contributed by atoms with Crippen molar-refractivity contribution in [2.45, 2.75) is 63.7 Å². The Morgan fingerprint density at radius 3 is 2.53 bits per heavy atom. The van der Waals surface area contributed by atoms with Crippen molar-refractivity contribution in [1.29, 1.82) is 0 Å². The van der Waals surface area contributed by atoms with Crippen LogP contribution in [0.15, 0.2) is 54.6 Å². The standard InChI is InChI=1S/C27H34N2O5/c1-20(28-24(19-31)14-13-21-9-3-2-4-10-21)26(32)29-18-23-12-6-5-11-22(23)17-25(29)27(33)34-16-8-7-15-30/h2-6,9-12,19-20,24-25,28,30H,7-8,13-18H2,1H3. The molecule has 3 atom stereocenters. The SMILES string of the molecule is CC(NC(C=O)CCc1ccccc1)C(=O)N1Cc2ccccc2CC1C(=O)OCCCCO. The number of aldehydes is 1. The van der Waals surface area contributed by atoms with E-state index in [1.165, 1.54) is 0 Å². The number of ether oxygens (including phenoxy) is 1. The number of aryl methyl sites for hydroxylation is 1. The summed E-state index contributed by atoms with van der Waals surface area (Å²) in [6.07, 6.45) is 3.65. The highest BCUT2D eigenvalue weighted by Crippen LogP contribution is 2.25. The summed E-state index contributed by atoms with van der Waals surface area (Å²) in [5, 5.41) is 12.1. The van der Waals surface area contributed by atoms with Crippen LogP contribution >= 0.6 is 0 Å². The molecule has 0 fully saturated rings. The van der Waals surface area contributed by atoms with Crippen LogP contribution < -0.4 is 5.32 Å². The normalized spacial score (nSPS) is 16.9. The van der Waals surface area contributed by atoms with Crippen LogP contribution in [0.2, 0.25) is 0 Å². The van der Waals surface area contributed by atoms with Crippen molar-refractivity contribution in [3.05, 3.63) is 71.3 Å². The first-order valence-electron chi connectivity index (χ1n) is 11.9. The quantitative estimate of drug-likeness (QED) is 0.283. The van der Waals surface area contributed by atoms with Gasteiger partial charge in [-0.2, -0.15) is 0 Å². The van der Waals surface area contributed by atoms with Gasteiger partial charge >= 0.3 is 5.97 Å². The van der Waals surface area contributed by atoms with Crippen LogP contribution in [0.25, 0.3) is 0 Å². The second-order valence-corrected chi connectivity index (χ2v) is 8.71. The van der Waals surface area contributed by atoms with E-state index in [2.05, 4.69) is 5.32 Å². The summed E-state index contributed by atoms with van der Waals surface area (Å²) in [6, 6.07) is 15.8. The molecule has 0 saturated carbocycles. The highest BCUT2D eigenvalue weighted by molar-refractivity contribution is 5.88. The molecule has 1 aliphatic heterocycles. The predicted molar refractivity (Wildman–Crippen MR) is 129 cm³/mol. The summed E-state index contributed by atoms with van der Waals surface area (Å²) in [5.74, 6) is -0.678. The van der Waals surface area contributed by atoms with Gasteiger partial charge in [0.2, 0.25) is 5.91 Å². The molecule has 0 saturated heterocycles. The van der Waals surface area contributed by atoms with Gasteiger partial charge in [-0.15, -0.1) is 0 Å². The zero-order valence-electron chi connectivity index (χ0n) is 19.7. The van der Waals surface area contributed by atoms with Gasteiger partial charge < -0.3 is 19.5 Å². The summed E-state index contributed by atoms with van der Waals surface area (Å²) in [6.45, 7) is 2.29. The molecular formula is C27H34N2O5. The molecule has 3 rings (SSSR count). The van der Waals surface area contributed by atoms with Crippen molar-refractivity contribution in [1.82, 2.24) is 10.2 Å². The van der Waals surface area contributed by atoms with Gasteiger partial charge in [0, 0.05) is 19.6 Å². The molecule has 0 aliphatic carbocycles. The van der Waals surface area contributed by atoms with Gasteiger partial charge in [0.05, 0.1) is 18.7 Å². The molecule has 34 heavy (non-hydrogen) atoms. The number of fused-ring (bicyclic) bond motifs is 1. The van der Waals surface area contributed by atoms with Gasteiger partial charge in [-0.3, -0.25) is 10.1 Å². The predicted octanol–water partition coefficient (Wildman–Crippen LogP) is 2.43. The molecule has 1 aliphatic rings. The van der Waals surface area contributed by atoms with E-state index in [0.717, 1.165) is 29.4 Å². The number of esters is 1. The van der Waals surface area contributed by atoms with Crippen molar-refractivity contribution in [2.24, 2.45) is 0 Å². The lowest BCUT2D eigenvalue weighted by molar-refractivity contribution is -0.157. The fraction of sp³-hybridized carbons (Fsp3) is 0.444. The highest BCUT2D eigenvalue weighted by atomic mass is 16.5. The van der Waals surface area contributed by atoms with Gasteiger partial charge in [-0.25, -0.2) is 4.79 Å². The van der Waals surface area contributed by atoms with E-state index in [1.807, 2.05) is 54.6 Å². The second kappa shape index (κ2) is 13.0. The number of rotatable bonds is 12. The van der Waals surface area contributed by atoms with E-state index < -0.39 is 24.1 Å². The van der Waals surface area contributed by atoms with Gasteiger partial charge in [0.25, 0.3) is 0 Å². The maximum absolute atomic E-state index is 13.4. The molecule has 1 amide bonds. The van der Waals surface area contributed by atoms with Crippen molar-refractivity contribution < 1.29 is 24.2 Å². The summed E-state index contributed by atoms with van der Waals surface area (Å²) >= 11 is 0. The van der Waals surface area contributed by atoms with Crippen LogP contribution in [0.3, 0.4) is 0 Å². The second-order valence-electron chi connectivity index (χ2n) is 8.71. The Kier molecular flexibility index (Phi) is 9.79. The monoisotopic (exact) mass is 466 g/mol. The molecule has 0 bridgehead atoms. The van der Waals surface area contributed by atoms with Crippen LogP contribution in [-0.2, 0) is 38.5 Å². The first-order valence-corrected chi connectivity index (χ1v) is 11.9. The first-order chi connectivity index (χ1) is 16.5. The number of nitrogens with one attached hydrogen (secondary N) is 1. The topological polar surface area (TPSA) is 95.9 Å². The maximum Gasteiger partial charge on any atom is 0.329 e. The number of benzene rings is 2. The van der Waals surface area contributed by atoms with Crippen molar-refractivity contribution >= 4 is 18.2 Å². The number of amides is 1. The van der Waals surface area contributed by atoms with Crippen LogP contribution in [0.5, 0.6) is 0 Å². The van der Waals surface area contributed by atoms with Crippen molar-refractivity contribution in [3.63, 3.8) is 0 Å². The van der Waals surface area contributed by atoms with Crippen LogP contribution in [0.1, 0.15) is 42.9 Å². The van der Waals surface area contributed by atoms with E-state index in [0.29, 0.717) is 32.2 Å². The minimum Gasteiger partial charge on any atom is -0.464 e.